The lowest BCUT2D eigenvalue weighted by molar-refractivity contribution is 0.0989. The first-order valence-electron chi connectivity index (χ1n) is 4.00. The number of carbonyl (C=O) groups excluding carboxylic acids is 2. The molecule has 4 heteroatoms. The Hall–Kier alpha value is -0.670. The molecular weight excluding hydrogens is 267 g/mol. The summed E-state index contributed by atoms with van der Waals surface area (Å²) in [6, 6.07) is 4.81. The number of ketones is 1. The first-order chi connectivity index (χ1) is 6.57. The maximum absolute atomic E-state index is 11.7. The second-order valence-corrected chi connectivity index (χ2v) is 4.58. The van der Waals surface area contributed by atoms with Crippen LogP contribution in [-0.2, 0) is 0 Å². The lowest BCUT2D eigenvalue weighted by Crippen LogP contribution is -2.13. The third-order valence-electron chi connectivity index (χ3n) is 1.78. The van der Waals surface area contributed by atoms with Gasteiger partial charge in [0.25, 0.3) is 0 Å². The van der Waals surface area contributed by atoms with Crippen LogP contribution < -0.4 is 0 Å². The Balaban J connectivity index is 3.30. The van der Waals surface area contributed by atoms with Crippen molar-refractivity contribution in [1.82, 2.24) is 0 Å². The summed E-state index contributed by atoms with van der Waals surface area (Å²) in [5.41, 5.74) is 0.613. The van der Waals surface area contributed by atoms with Crippen molar-refractivity contribution in [3.05, 3.63) is 34.3 Å². The molecule has 14 heavy (non-hydrogen) atoms. The van der Waals surface area contributed by atoms with Crippen LogP contribution in [0.5, 0.6) is 0 Å². The summed E-state index contributed by atoms with van der Waals surface area (Å²) in [6.07, 6.45) is 0.633. The zero-order chi connectivity index (χ0) is 10.7. The van der Waals surface area contributed by atoms with Gasteiger partial charge in [0.05, 0.1) is 9.85 Å². The lowest BCUT2D eigenvalue weighted by atomic mass is 10.0. The Morgan fingerprint density at radius 1 is 1.57 bits per heavy atom. The van der Waals surface area contributed by atoms with Gasteiger partial charge in [-0.05, 0) is 13.0 Å². The minimum absolute atomic E-state index is 0.183. The fraction of sp³-hybridized carbons (Fsp3) is 0.200. The molecule has 0 radical (unpaired) electrons. The summed E-state index contributed by atoms with van der Waals surface area (Å²) in [5, 5.41) is 0.311. The van der Waals surface area contributed by atoms with Crippen LogP contribution in [-0.4, -0.2) is 16.9 Å². The van der Waals surface area contributed by atoms with E-state index in [0.717, 1.165) is 0 Å². The number of aldehydes is 1. The molecule has 0 aliphatic carbocycles. The SMILES string of the molecule is CC(Br)C(=O)c1c(Cl)cccc1C=O. The van der Waals surface area contributed by atoms with Crippen molar-refractivity contribution >= 4 is 39.6 Å². The molecule has 0 aromatic heterocycles. The van der Waals surface area contributed by atoms with Crippen LogP contribution in [0.15, 0.2) is 18.2 Å². The summed E-state index contributed by atoms with van der Waals surface area (Å²) in [5.74, 6) is -0.183. The van der Waals surface area contributed by atoms with Crippen LogP contribution in [0.25, 0.3) is 0 Å². The van der Waals surface area contributed by atoms with Gasteiger partial charge in [-0.15, -0.1) is 0 Å². The smallest absolute Gasteiger partial charge is 0.178 e. The topological polar surface area (TPSA) is 34.1 Å². The Morgan fingerprint density at radius 3 is 2.71 bits per heavy atom. The van der Waals surface area contributed by atoms with Gasteiger partial charge in [0.1, 0.15) is 0 Å². The van der Waals surface area contributed by atoms with Crippen molar-refractivity contribution in [3.8, 4) is 0 Å². The maximum Gasteiger partial charge on any atom is 0.178 e. The van der Waals surface area contributed by atoms with Crippen LogP contribution in [0.2, 0.25) is 5.02 Å². The summed E-state index contributed by atoms with van der Waals surface area (Å²) >= 11 is 9.00. The molecule has 0 amide bonds. The highest BCUT2D eigenvalue weighted by Gasteiger charge is 2.18. The highest BCUT2D eigenvalue weighted by molar-refractivity contribution is 9.10. The van der Waals surface area contributed by atoms with Gasteiger partial charge >= 0.3 is 0 Å². The quantitative estimate of drug-likeness (QED) is 0.482. The van der Waals surface area contributed by atoms with Crippen LogP contribution in [0, 0.1) is 0 Å². The van der Waals surface area contributed by atoms with Gasteiger partial charge in [-0.2, -0.15) is 0 Å². The molecule has 1 aromatic carbocycles. The molecule has 1 rings (SSSR count). The summed E-state index contributed by atoms with van der Waals surface area (Å²) in [4.78, 5) is 22.0. The van der Waals surface area contributed by atoms with E-state index in [0.29, 0.717) is 16.9 Å². The maximum atomic E-state index is 11.7. The fourth-order valence-corrected chi connectivity index (χ4v) is 1.60. The number of carbonyl (C=O) groups is 2. The van der Waals surface area contributed by atoms with Crippen LogP contribution in [0.3, 0.4) is 0 Å². The van der Waals surface area contributed by atoms with E-state index in [2.05, 4.69) is 15.9 Å². The monoisotopic (exact) mass is 274 g/mol. The van der Waals surface area contributed by atoms with Crippen molar-refractivity contribution < 1.29 is 9.59 Å². The zero-order valence-electron chi connectivity index (χ0n) is 7.46. The van der Waals surface area contributed by atoms with E-state index in [-0.39, 0.29) is 16.2 Å². The number of halogens is 2. The first kappa shape index (κ1) is 11.4. The summed E-state index contributed by atoms with van der Waals surface area (Å²) in [7, 11) is 0. The van der Waals surface area contributed by atoms with Crippen molar-refractivity contribution in [2.75, 3.05) is 0 Å². The molecule has 0 aliphatic rings. The van der Waals surface area contributed by atoms with Crippen molar-refractivity contribution in [3.63, 3.8) is 0 Å². The fourth-order valence-electron chi connectivity index (χ4n) is 1.10. The van der Waals surface area contributed by atoms with Gasteiger partial charge in [0.2, 0.25) is 0 Å². The molecule has 0 bridgehead atoms. The molecule has 0 heterocycles. The van der Waals surface area contributed by atoms with Gasteiger partial charge in [-0.1, -0.05) is 39.7 Å². The minimum Gasteiger partial charge on any atom is -0.298 e. The highest BCUT2D eigenvalue weighted by atomic mass is 79.9. The number of hydrogen-bond acceptors (Lipinski definition) is 2. The third-order valence-corrected chi connectivity index (χ3v) is 2.51. The normalized spacial score (nSPS) is 12.2. The van der Waals surface area contributed by atoms with Gasteiger partial charge < -0.3 is 0 Å². The largest absolute Gasteiger partial charge is 0.298 e. The molecule has 0 saturated carbocycles. The first-order valence-corrected chi connectivity index (χ1v) is 5.29. The highest BCUT2D eigenvalue weighted by Crippen LogP contribution is 2.22. The van der Waals surface area contributed by atoms with E-state index in [1.54, 1.807) is 25.1 Å². The second-order valence-electron chi connectivity index (χ2n) is 2.80. The number of Topliss-reactive ketones (excluding diaryl/α,β-unsaturated/α-hetero) is 1. The van der Waals surface area contributed by atoms with Crippen molar-refractivity contribution in [1.29, 1.82) is 0 Å². The summed E-state index contributed by atoms with van der Waals surface area (Å²) in [6.45, 7) is 1.69. The zero-order valence-corrected chi connectivity index (χ0v) is 9.80. The van der Waals surface area contributed by atoms with Crippen molar-refractivity contribution in [2.45, 2.75) is 11.8 Å². The molecule has 74 valence electrons. The van der Waals surface area contributed by atoms with Gasteiger partial charge in [0.15, 0.2) is 12.1 Å². The minimum atomic E-state index is -0.346. The lowest BCUT2D eigenvalue weighted by Gasteiger charge is -2.07. The number of benzene rings is 1. The third kappa shape index (κ3) is 2.22. The van der Waals surface area contributed by atoms with E-state index >= 15 is 0 Å². The Labute approximate surface area is 95.4 Å². The second kappa shape index (κ2) is 4.71. The molecular formula is C10H8BrClO2. The van der Waals surface area contributed by atoms with Gasteiger partial charge in [0, 0.05) is 11.1 Å². The number of rotatable bonds is 3. The van der Waals surface area contributed by atoms with E-state index in [9.17, 15) is 9.59 Å². The molecule has 0 aliphatic heterocycles. The van der Waals surface area contributed by atoms with Crippen molar-refractivity contribution in [2.24, 2.45) is 0 Å². The predicted molar refractivity (Wildman–Crippen MR) is 59.6 cm³/mol. The number of alkyl halides is 1. The van der Waals surface area contributed by atoms with Crippen LogP contribution in [0.4, 0.5) is 0 Å². The summed E-state index contributed by atoms with van der Waals surface area (Å²) < 4.78 is 0. The van der Waals surface area contributed by atoms with Gasteiger partial charge in [-0.25, -0.2) is 0 Å². The average Bonchev–Trinajstić information content (AvgIpc) is 2.16. The predicted octanol–water partition coefficient (Wildman–Crippen LogP) is 3.12. The molecule has 0 saturated heterocycles. The molecule has 0 N–H and O–H groups in total. The van der Waals surface area contributed by atoms with Gasteiger partial charge in [-0.3, -0.25) is 9.59 Å². The molecule has 2 nitrogen and oxygen atoms in total. The molecule has 1 atom stereocenters. The van der Waals surface area contributed by atoms with E-state index < -0.39 is 0 Å². The molecule has 0 fully saturated rings. The molecule has 1 aromatic rings. The van der Waals surface area contributed by atoms with E-state index in [1.165, 1.54) is 0 Å². The average molecular weight is 276 g/mol. The Kier molecular flexibility index (Phi) is 3.84. The van der Waals surface area contributed by atoms with E-state index in [1.807, 2.05) is 0 Å². The standard InChI is InChI=1S/C10H8BrClO2/c1-6(11)10(14)9-7(5-13)3-2-4-8(9)12/h2-6H,1H3. The van der Waals surface area contributed by atoms with Crippen LogP contribution >= 0.6 is 27.5 Å². The Morgan fingerprint density at radius 2 is 2.21 bits per heavy atom. The van der Waals surface area contributed by atoms with E-state index in [4.69, 9.17) is 11.6 Å². The molecule has 1 unspecified atom stereocenters. The number of hydrogen-bond donors (Lipinski definition) is 0. The van der Waals surface area contributed by atoms with Crippen LogP contribution in [0.1, 0.15) is 27.6 Å². The molecule has 0 spiro atoms. The Bertz CT molecular complexity index is 374.